The predicted octanol–water partition coefficient (Wildman–Crippen LogP) is 3.31. The summed E-state index contributed by atoms with van der Waals surface area (Å²) in [5, 5.41) is 8.33. The van der Waals surface area contributed by atoms with Crippen LogP contribution in [0.2, 0.25) is 0 Å². The molecular formula is C15H27NO3. The van der Waals surface area contributed by atoms with Crippen LogP contribution in [0.4, 0.5) is 0 Å². The molecule has 0 aliphatic carbocycles. The summed E-state index contributed by atoms with van der Waals surface area (Å²) in [4.78, 5) is 11.0. The third kappa shape index (κ3) is 9.49. The monoisotopic (exact) mass is 269 g/mol. The van der Waals surface area contributed by atoms with Gasteiger partial charge in [0, 0.05) is 0 Å². The molecule has 4 nitrogen and oxygen atoms in total. The van der Waals surface area contributed by atoms with Gasteiger partial charge >= 0.3 is 5.97 Å². The molecule has 0 aliphatic heterocycles. The molecule has 0 saturated heterocycles. The van der Waals surface area contributed by atoms with Gasteiger partial charge in [-0.25, -0.2) is 0 Å². The van der Waals surface area contributed by atoms with E-state index in [0.717, 1.165) is 6.42 Å². The Balaban J connectivity index is 4.16. The first-order valence-electron chi connectivity index (χ1n) is 6.70. The van der Waals surface area contributed by atoms with Gasteiger partial charge in [-0.1, -0.05) is 41.5 Å². The van der Waals surface area contributed by atoms with Crippen molar-refractivity contribution in [1.82, 2.24) is 0 Å². The van der Waals surface area contributed by atoms with Crippen molar-refractivity contribution in [3.8, 4) is 6.07 Å². The number of nitrogens with zero attached hydrogens (tertiary/aromatic N) is 1. The fourth-order valence-electron chi connectivity index (χ4n) is 1.63. The maximum atomic E-state index is 11.0. The van der Waals surface area contributed by atoms with Gasteiger partial charge in [-0.05, 0) is 17.3 Å². The predicted molar refractivity (Wildman–Crippen MR) is 74.5 cm³/mol. The molecule has 0 aromatic heterocycles. The zero-order valence-electron chi connectivity index (χ0n) is 13.1. The van der Waals surface area contributed by atoms with Crippen LogP contribution in [0, 0.1) is 22.2 Å². The van der Waals surface area contributed by atoms with Crippen LogP contribution < -0.4 is 0 Å². The first-order chi connectivity index (χ1) is 8.56. The molecule has 0 aliphatic rings. The molecule has 19 heavy (non-hydrogen) atoms. The second-order valence-corrected chi connectivity index (χ2v) is 7.05. The standard InChI is InChI=1S/C15H27NO3/c1-14(2,3)11-12(15(4,5)6)18-9-10-19-13(17)7-8-16/h12H,7,9-11H2,1-6H3. The number of hydrogen-bond donors (Lipinski definition) is 0. The van der Waals surface area contributed by atoms with Crippen LogP contribution in [-0.4, -0.2) is 25.3 Å². The topological polar surface area (TPSA) is 59.3 Å². The Morgan fingerprint density at radius 1 is 1.16 bits per heavy atom. The zero-order chi connectivity index (χ0) is 15.1. The molecule has 4 heteroatoms. The van der Waals surface area contributed by atoms with Crippen molar-refractivity contribution in [2.45, 2.75) is 60.5 Å². The Hall–Kier alpha value is -1.08. The maximum Gasteiger partial charge on any atom is 0.320 e. The molecule has 0 N–H and O–H groups in total. The molecule has 1 atom stereocenters. The van der Waals surface area contributed by atoms with E-state index >= 15 is 0 Å². The molecule has 0 radical (unpaired) electrons. The van der Waals surface area contributed by atoms with E-state index in [0.29, 0.717) is 6.61 Å². The summed E-state index contributed by atoms with van der Waals surface area (Å²) in [5.41, 5.74) is 0.235. The molecule has 0 saturated carbocycles. The minimum absolute atomic E-state index is 0.0456. The van der Waals surface area contributed by atoms with E-state index in [1.165, 1.54) is 0 Å². The van der Waals surface area contributed by atoms with Crippen LogP contribution in [0.3, 0.4) is 0 Å². The van der Waals surface area contributed by atoms with Crippen LogP contribution >= 0.6 is 0 Å². The fourth-order valence-corrected chi connectivity index (χ4v) is 1.63. The minimum Gasteiger partial charge on any atom is -0.462 e. The Morgan fingerprint density at radius 3 is 2.16 bits per heavy atom. The van der Waals surface area contributed by atoms with Crippen molar-refractivity contribution in [3.05, 3.63) is 0 Å². The lowest BCUT2D eigenvalue weighted by Crippen LogP contribution is -2.34. The molecule has 0 bridgehead atoms. The van der Waals surface area contributed by atoms with E-state index in [1.807, 2.05) is 0 Å². The average Bonchev–Trinajstić information content (AvgIpc) is 2.20. The molecule has 0 aromatic rings. The molecule has 0 spiro atoms. The van der Waals surface area contributed by atoms with Gasteiger partial charge in [-0.15, -0.1) is 0 Å². The zero-order valence-corrected chi connectivity index (χ0v) is 13.1. The van der Waals surface area contributed by atoms with Gasteiger partial charge in [0.2, 0.25) is 0 Å². The van der Waals surface area contributed by atoms with Crippen LogP contribution in [-0.2, 0) is 14.3 Å². The molecule has 0 aromatic carbocycles. The second kappa shape index (κ2) is 7.49. The van der Waals surface area contributed by atoms with Crippen molar-refractivity contribution in [1.29, 1.82) is 5.26 Å². The third-order valence-electron chi connectivity index (χ3n) is 2.65. The normalized spacial score (nSPS) is 13.7. The average molecular weight is 269 g/mol. The number of esters is 1. The summed E-state index contributed by atoms with van der Waals surface area (Å²) in [6, 6.07) is 1.76. The van der Waals surface area contributed by atoms with Crippen molar-refractivity contribution in [2.75, 3.05) is 13.2 Å². The van der Waals surface area contributed by atoms with Crippen LogP contribution in [0.1, 0.15) is 54.4 Å². The SMILES string of the molecule is CC(C)(C)CC(OCCOC(=O)CC#N)C(C)(C)C. The van der Waals surface area contributed by atoms with E-state index in [1.54, 1.807) is 6.07 Å². The number of rotatable bonds is 6. The second-order valence-electron chi connectivity index (χ2n) is 7.05. The van der Waals surface area contributed by atoms with Crippen LogP contribution in [0.15, 0.2) is 0 Å². The Kier molecular flexibility index (Phi) is 7.07. The van der Waals surface area contributed by atoms with Crippen molar-refractivity contribution < 1.29 is 14.3 Å². The van der Waals surface area contributed by atoms with Gasteiger partial charge in [-0.3, -0.25) is 4.79 Å². The van der Waals surface area contributed by atoms with E-state index in [4.69, 9.17) is 14.7 Å². The summed E-state index contributed by atoms with van der Waals surface area (Å²) < 4.78 is 10.7. The highest BCUT2D eigenvalue weighted by molar-refractivity contribution is 5.71. The summed E-state index contributed by atoms with van der Waals surface area (Å²) in [6.07, 6.45) is 0.857. The lowest BCUT2D eigenvalue weighted by molar-refractivity contribution is -0.145. The number of carbonyl (C=O) groups excluding carboxylic acids is 1. The lowest BCUT2D eigenvalue weighted by Gasteiger charge is -2.35. The molecule has 0 amide bonds. The third-order valence-corrected chi connectivity index (χ3v) is 2.65. The van der Waals surface area contributed by atoms with Crippen LogP contribution in [0.5, 0.6) is 0 Å². The Labute approximate surface area is 117 Å². The van der Waals surface area contributed by atoms with Gasteiger partial charge in [-0.2, -0.15) is 5.26 Å². The maximum absolute atomic E-state index is 11.0. The van der Waals surface area contributed by atoms with Gasteiger partial charge in [0.05, 0.1) is 18.8 Å². The number of ether oxygens (including phenoxy) is 2. The van der Waals surface area contributed by atoms with Crippen LogP contribution in [0.25, 0.3) is 0 Å². The van der Waals surface area contributed by atoms with Crippen molar-refractivity contribution in [2.24, 2.45) is 10.8 Å². The molecule has 0 rings (SSSR count). The smallest absolute Gasteiger partial charge is 0.320 e. The number of hydrogen-bond acceptors (Lipinski definition) is 4. The van der Waals surface area contributed by atoms with E-state index in [9.17, 15) is 4.79 Å². The molecule has 1 unspecified atom stereocenters. The van der Waals surface area contributed by atoms with Gasteiger partial charge in [0.15, 0.2) is 0 Å². The Morgan fingerprint density at radius 2 is 1.74 bits per heavy atom. The summed E-state index contributed by atoms with van der Waals surface area (Å²) in [6.45, 7) is 13.6. The first-order valence-corrected chi connectivity index (χ1v) is 6.70. The van der Waals surface area contributed by atoms with Crippen molar-refractivity contribution >= 4 is 5.97 Å². The largest absolute Gasteiger partial charge is 0.462 e. The molecule has 0 fully saturated rings. The highest BCUT2D eigenvalue weighted by atomic mass is 16.6. The quantitative estimate of drug-likeness (QED) is 0.548. The minimum atomic E-state index is -0.491. The lowest BCUT2D eigenvalue weighted by atomic mass is 9.78. The first kappa shape index (κ1) is 17.9. The molecule has 0 heterocycles. The number of nitriles is 1. The highest BCUT2D eigenvalue weighted by Gasteiger charge is 2.29. The molecule has 110 valence electrons. The van der Waals surface area contributed by atoms with Gasteiger partial charge in [0.1, 0.15) is 13.0 Å². The fraction of sp³-hybridized carbons (Fsp3) is 0.867. The van der Waals surface area contributed by atoms with Gasteiger partial charge < -0.3 is 9.47 Å². The summed E-state index contributed by atoms with van der Waals surface area (Å²) in [5.74, 6) is -0.491. The Bertz CT molecular complexity index is 318. The van der Waals surface area contributed by atoms with E-state index in [2.05, 4.69) is 41.5 Å². The van der Waals surface area contributed by atoms with Gasteiger partial charge in [0.25, 0.3) is 0 Å². The summed E-state index contributed by atoms with van der Waals surface area (Å²) >= 11 is 0. The highest BCUT2D eigenvalue weighted by Crippen LogP contribution is 2.32. The molecular weight excluding hydrogens is 242 g/mol. The van der Waals surface area contributed by atoms with E-state index in [-0.39, 0.29) is 30.0 Å². The van der Waals surface area contributed by atoms with E-state index < -0.39 is 5.97 Å². The number of carbonyl (C=O) groups is 1. The van der Waals surface area contributed by atoms with Crippen molar-refractivity contribution in [3.63, 3.8) is 0 Å². The summed E-state index contributed by atoms with van der Waals surface area (Å²) in [7, 11) is 0.